The third-order valence-corrected chi connectivity index (χ3v) is 4.69. The number of fused-ring (bicyclic) bond motifs is 1. The Labute approximate surface area is 163 Å². The quantitative estimate of drug-likeness (QED) is 0.472. The number of nitrogens with two attached hydrogens (primary N) is 1. The van der Waals surface area contributed by atoms with Crippen LogP contribution in [0.4, 0.5) is 5.69 Å². The summed E-state index contributed by atoms with van der Waals surface area (Å²) in [6.45, 7) is 12.2. The topological polar surface area (TPSA) is 69.9 Å². The molecule has 2 N–H and O–H groups in total. The lowest BCUT2D eigenvalue weighted by atomic mass is 10.0. The van der Waals surface area contributed by atoms with Crippen LogP contribution in [0.2, 0.25) is 0 Å². The first-order valence-corrected chi connectivity index (χ1v) is 8.87. The van der Waals surface area contributed by atoms with E-state index in [1.54, 1.807) is 18.2 Å². The third-order valence-electron chi connectivity index (χ3n) is 4.69. The van der Waals surface area contributed by atoms with Crippen LogP contribution in [0.25, 0.3) is 40.4 Å². The van der Waals surface area contributed by atoms with Gasteiger partial charge in [-0.15, -0.1) is 0 Å². The predicted octanol–water partition coefficient (Wildman–Crippen LogP) is 5.25. The zero-order valence-corrected chi connectivity index (χ0v) is 15.4. The van der Waals surface area contributed by atoms with Crippen LogP contribution in [0.15, 0.2) is 66.7 Å². The summed E-state index contributed by atoms with van der Waals surface area (Å²) in [4.78, 5) is 4.67. The molecule has 138 valence electrons. The van der Waals surface area contributed by atoms with Crippen molar-refractivity contribution in [2.45, 2.75) is 6.54 Å². The lowest BCUT2D eigenvalue weighted by Crippen LogP contribution is -2.02. The number of rotatable bonds is 6. The second-order valence-electron chi connectivity index (χ2n) is 6.39. The first-order chi connectivity index (χ1) is 13.7. The Morgan fingerprint density at radius 3 is 2.50 bits per heavy atom. The number of benzene rings is 2. The van der Waals surface area contributed by atoms with Gasteiger partial charge in [-0.3, -0.25) is 0 Å². The highest BCUT2D eigenvalue weighted by atomic mass is 16.5. The minimum absolute atomic E-state index is 0.576. The average Bonchev–Trinajstić information content (AvgIpc) is 3.30. The number of anilines is 1. The molecule has 0 radical (unpaired) electrons. The van der Waals surface area contributed by atoms with Gasteiger partial charge in [-0.25, -0.2) is 4.98 Å². The first-order valence-electron chi connectivity index (χ1n) is 8.87. The van der Waals surface area contributed by atoms with Gasteiger partial charge in [-0.1, -0.05) is 55.2 Å². The Bertz CT molecular complexity index is 1170. The fourth-order valence-electron chi connectivity index (χ4n) is 3.38. The maximum Gasteiger partial charge on any atom is 0.167 e. The zero-order valence-electron chi connectivity index (χ0n) is 15.4. The van der Waals surface area contributed by atoms with E-state index in [1.807, 2.05) is 30.3 Å². The van der Waals surface area contributed by atoms with Gasteiger partial charge in [-0.05, 0) is 41.5 Å². The molecule has 0 spiro atoms. The van der Waals surface area contributed by atoms with Crippen LogP contribution in [-0.2, 0) is 6.54 Å². The molecule has 0 saturated heterocycles. The smallest absolute Gasteiger partial charge is 0.167 e. The van der Waals surface area contributed by atoms with Crippen LogP contribution in [0.3, 0.4) is 0 Å². The average molecular weight is 368 g/mol. The molecule has 2 heterocycles. The molecule has 2 aromatic carbocycles. The molecule has 0 aliphatic carbocycles. The molecule has 0 atom stereocenters. The molecule has 0 unspecified atom stereocenters. The molecule has 0 saturated carbocycles. The maximum atomic E-state index is 6.36. The Kier molecular flexibility index (Phi) is 4.41. The largest absolute Gasteiger partial charge is 0.397 e. The van der Waals surface area contributed by atoms with Crippen LogP contribution in [0, 0.1) is 0 Å². The highest BCUT2D eigenvalue weighted by Crippen LogP contribution is 2.35. The van der Waals surface area contributed by atoms with Gasteiger partial charge in [0.1, 0.15) is 17.0 Å². The molecule has 5 heteroatoms. The molecule has 4 rings (SSSR count). The van der Waals surface area contributed by atoms with E-state index in [1.165, 1.54) is 0 Å². The number of hydrogen-bond acceptors (Lipinski definition) is 4. The van der Waals surface area contributed by atoms with E-state index in [0.717, 1.165) is 33.5 Å². The van der Waals surface area contributed by atoms with Crippen molar-refractivity contribution in [3.63, 3.8) is 0 Å². The Morgan fingerprint density at radius 2 is 1.82 bits per heavy atom. The van der Waals surface area contributed by atoms with Gasteiger partial charge in [0.25, 0.3) is 0 Å². The molecule has 0 amide bonds. The number of nitrogens with zero attached hydrogens (tertiary/aromatic N) is 3. The van der Waals surface area contributed by atoms with Gasteiger partial charge < -0.3 is 14.8 Å². The van der Waals surface area contributed by atoms with Crippen LogP contribution >= 0.6 is 0 Å². The second kappa shape index (κ2) is 7.04. The summed E-state index contributed by atoms with van der Waals surface area (Å²) in [6.07, 6.45) is 5.03. The fourth-order valence-corrected chi connectivity index (χ4v) is 3.38. The van der Waals surface area contributed by atoms with Gasteiger partial charge in [0.15, 0.2) is 5.76 Å². The van der Waals surface area contributed by atoms with Gasteiger partial charge in [-0.2, -0.15) is 0 Å². The minimum atomic E-state index is 0.576. The number of hydrogen-bond donors (Lipinski definition) is 1. The molecule has 0 aliphatic rings. The van der Waals surface area contributed by atoms with Crippen LogP contribution < -0.4 is 5.73 Å². The fraction of sp³-hybridized carbons (Fsp3) is 0.0435. The van der Waals surface area contributed by atoms with E-state index in [0.29, 0.717) is 23.7 Å². The molecule has 2 aromatic heterocycles. The van der Waals surface area contributed by atoms with Crippen molar-refractivity contribution in [2.75, 3.05) is 5.73 Å². The van der Waals surface area contributed by atoms with Crippen molar-refractivity contribution >= 4 is 34.9 Å². The zero-order chi connectivity index (χ0) is 19.7. The van der Waals surface area contributed by atoms with Crippen molar-refractivity contribution < 1.29 is 4.52 Å². The number of nitrogen functional groups attached to an aromatic ring is 1. The van der Waals surface area contributed by atoms with Gasteiger partial charge in [0.05, 0.1) is 16.8 Å². The molecule has 5 nitrogen and oxygen atoms in total. The monoisotopic (exact) mass is 368 g/mol. The number of imidazole rings is 1. The molecule has 0 aliphatic heterocycles. The first kappa shape index (κ1) is 17.5. The van der Waals surface area contributed by atoms with Crippen molar-refractivity contribution in [3.05, 3.63) is 85.0 Å². The Hall–Kier alpha value is -3.86. The van der Waals surface area contributed by atoms with Crippen LogP contribution in [0.5, 0.6) is 0 Å². The van der Waals surface area contributed by atoms with Crippen molar-refractivity contribution in [2.24, 2.45) is 0 Å². The highest BCUT2D eigenvalue weighted by molar-refractivity contribution is 5.95. The van der Waals surface area contributed by atoms with Gasteiger partial charge in [0, 0.05) is 6.54 Å². The minimum Gasteiger partial charge on any atom is -0.397 e. The normalized spacial score (nSPS) is 10.9. The Balaban J connectivity index is 1.96. The third kappa shape index (κ3) is 2.83. The summed E-state index contributed by atoms with van der Waals surface area (Å²) in [5, 5.41) is 4.06. The lowest BCUT2D eigenvalue weighted by molar-refractivity contribution is 0.412. The standard InChI is InChI=1S/C23H20N4O/c1-4-18-22(20(5-2)28-26-18)16-12-17(24)23-19(13-16)27(21(6-3)25-23)14-15-10-8-7-9-11-15/h4-13H,1-3,14,24H2. The van der Waals surface area contributed by atoms with Gasteiger partial charge in [0.2, 0.25) is 0 Å². The predicted molar refractivity (Wildman–Crippen MR) is 115 cm³/mol. The van der Waals surface area contributed by atoms with E-state index in [2.05, 4.69) is 46.6 Å². The van der Waals surface area contributed by atoms with E-state index in [-0.39, 0.29) is 0 Å². The van der Waals surface area contributed by atoms with Crippen LogP contribution in [-0.4, -0.2) is 14.7 Å². The molecule has 28 heavy (non-hydrogen) atoms. The van der Waals surface area contributed by atoms with E-state index < -0.39 is 0 Å². The summed E-state index contributed by atoms with van der Waals surface area (Å²) in [5.74, 6) is 1.34. The highest BCUT2D eigenvalue weighted by Gasteiger charge is 2.18. The maximum absolute atomic E-state index is 6.36. The van der Waals surface area contributed by atoms with Crippen molar-refractivity contribution in [1.82, 2.24) is 14.7 Å². The van der Waals surface area contributed by atoms with Gasteiger partial charge >= 0.3 is 0 Å². The van der Waals surface area contributed by atoms with E-state index >= 15 is 0 Å². The lowest BCUT2D eigenvalue weighted by Gasteiger charge is -2.09. The Morgan fingerprint density at radius 1 is 1.04 bits per heavy atom. The molecular formula is C23H20N4O. The van der Waals surface area contributed by atoms with E-state index in [4.69, 9.17) is 10.3 Å². The van der Waals surface area contributed by atoms with Crippen molar-refractivity contribution in [3.8, 4) is 11.1 Å². The summed E-state index contributed by atoms with van der Waals surface area (Å²) < 4.78 is 7.48. The molecule has 0 bridgehead atoms. The summed E-state index contributed by atoms with van der Waals surface area (Å²) in [5.41, 5.74) is 12.1. The number of aromatic nitrogens is 3. The molecular weight excluding hydrogens is 348 g/mol. The van der Waals surface area contributed by atoms with Crippen molar-refractivity contribution in [1.29, 1.82) is 0 Å². The summed E-state index contributed by atoms with van der Waals surface area (Å²) in [6, 6.07) is 14.1. The summed E-state index contributed by atoms with van der Waals surface area (Å²) in [7, 11) is 0. The van der Waals surface area contributed by atoms with E-state index in [9.17, 15) is 0 Å². The second-order valence-corrected chi connectivity index (χ2v) is 6.39. The SMILES string of the molecule is C=Cc1noc(C=C)c1-c1cc(N)c2nc(C=C)n(Cc3ccccc3)c2c1. The molecule has 0 fully saturated rings. The molecule has 4 aromatic rings. The van der Waals surface area contributed by atoms with Crippen LogP contribution in [0.1, 0.15) is 22.8 Å². The summed E-state index contributed by atoms with van der Waals surface area (Å²) >= 11 is 0.